The molecular weight excluding hydrogens is 322 g/mol. The van der Waals surface area contributed by atoms with E-state index in [2.05, 4.69) is 78.5 Å². The highest BCUT2D eigenvalue weighted by molar-refractivity contribution is 5.44. The van der Waals surface area contributed by atoms with Crippen molar-refractivity contribution in [1.29, 1.82) is 0 Å². The largest absolute Gasteiger partial charge is 0.491 e. The van der Waals surface area contributed by atoms with Gasteiger partial charge < -0.3 is 14.7 Å². The Morgan fingerprint density at radius 2 is 1.54 bits per heavy atom. The van der Waals surface area contributed by atoms with Gasteiger partial charge in [0.1, 0.15) is 18.5 Å². The van der Waals surface area contributed by atoms with Crippen molar-refractivity contribution in [2.75, 3.05) is 26.2 Å². The lowest BCUT2D eigenvalue weighted by atomic mass is 9.76. The molecule has 0 bridgehead atoms. The first-order valence-electron chi connectivity index (χ1n) is 10.3. The molecule has 1 aromatic rings. The summed E-state index contributed by atoms with van der Waals surface area (Å²) in [6.45, 7) is 20.7. The normalized spacial score (nSPS) is 13.9. The SMILES string of the molecule is CCN(CC)C[C@H](O)COc1ccc(C(C)(C)CC)cc1C(C)(C)CC. The molecule has 0 radical (unpaired) electrons. The minimum atomic E-state index is -0.473. The summed E-state index contributed by atoms with van der Waals surface area (Å²) in [5, 5.41) is 10.3. The molecule has 0 heterocycles. The van der Waals surface area contributed by atoms with Gasteiger partial charge in [0.15, 0.2) is 0 Å². The smallest absolute Gasteiger partial charge is 0.123 e. The van der Waals surface area contributed by atoms with Crippen molar-refractivity contribution >= 4 is 0 Å². The summed E-state index contributed by atoms with van der Waals surface area (Å²) in [5.74, 6) is 0.908. The molecule has 0 unspecified atom stereocenters. The van der Waals surface area contributed by atoms with Gasteiger partial charge in [0, 0.05) is 12.1 Å². The molecule has 0 aliphatic rings. The molecule has 26 heavy (non-hydrogen) atoms. The van der Waals surface area contributed by atoms with Gasteiger partial charge in [-0.2, -0.15) is 0 Å². The van der Waals surface area contributed by atoms with E-state index in [0.29, 0.717) is 13.2 Å². The molecule has 0 aliphatic heterocycles. The summed E-state index contributed by atoms with van der Waals surface area (Å²) < 4.78 is 6.10. The summed E-state index contributed by atoms with van der Waals surface area (Å²) in [6.07, 6.45) is 1.67. The average molecular weight is 364 g/mol. The number of rotatable bonds is 11. The van der Waals surface area contributed by atoms with Gasteiger partial charge in [0.2, 0.25) is 0 Å². The Morgan fingerprint density at radius 1 is 0.962 bits per heavy atom. The first-order valence-corrected chi connectivity index (χ1v) is 10.3. The highest BCUT2D eigenvalue weighted by Gasteiger charge is 2.27. The Hall–Kier alpha value is -1.06. The number of ether oxygens (including phenoxy) is 1. The number of aliphatic hydroxyl groups is 1. The van der Waals surface area contributed by atoms with Crippen molar-refractivity contribution in [2.45, 2.75) is 85.2 Å². The zero-order valence-electron chi connectivity index (χ0n) is 18.4. The van der Waals surface area contributed by atoms with Crippen LogP contribution in [0.3, 0.4) is 0 Å². The lowest BCUT2D eigenvalue weighted by molar-refractivity contribution is 0.0708. The molecule has 0 saturated heterocycles. The minimum absolute atomic E-state index is 0.0407. The maximum absolute atomic E-state index is 10.3. The third-order valence-electron chi connectivity index (χ3n) is 6.05. The first-order chi connectivity index (χ1) is 12.1. The molecule has 1 rings (SSSR count). The predicted octanol–water partition coefficient (Wildman–Crippen LogP) is 5.14. The summed E-state index contributed by atoms with van der Waals surface area (Å²) in [6, 6.07) is 6.60. The molecule has 0 spiro atoms. The molecule has 0 aliphatic carbocycles. The molecule has 1 atom stereocenters. The summed E-state index contributed by atoms with van der Waals surface area (Å²) >= 11 is 0. The molecule has 0 fully saturated rings. The van der Waals surface area contributed by atoms with Gasteiger partial charge in [-0.25, -0.2) is 0 Å². The molecule has 1 aromatic carbocycles. The maximum atomic E-state index is 10.3. The van der Waals surface area contributed by atoms with Gasteiger partial charge in [-0.1, -0.05) is 67.5 Å². The van der Waals surface area contributed by atoms with Crippen LogP contribution in [0.15, 0.2) is 18.2 Å². The molecule has 3 heteroatoms. The fourth-order valence-corrected chi connectivity index (χ4v) is 3.02. The third kappa shape index (κ3) is 5.99. The van der Waals surface area contributed by atoms with E-state index < -0.39 is 6.10 Å². The van der Waals surface area contributed by atoms with Gasteiger partial charge in [-0.3, -0.25) is 0 Å². The second-order valence-electron chi connectivity index (χ2n) is 8.64. The van der Waals surface area contributed by atoms with E-state index in [1.165, 1.54) is 11.1 Å². The van der Waals surface area contributed by atoms with E-state index in [4.69, 9.17) is 4.74 Å². The number of aliphatic hydroxyl groups excluding tert-OH is 1. The highest BCUT2D eigenvalue weighted by atomic mass is 16.5. The van der Waals surface area contributed by atoms with Gasteiger partial charge in [-0.15, -0.1) is 0 Å². The summed E-state index contributed by atoms with van der Waals surface area (Å²) in [7, 11) is 0. The minimum Gasteiger partial charge on any atom is -0.491 e. The third-order valence-corrected chi connectivity index (χ3v) is 6.05. The molecule has 0 saturated carbocycles. The van der Waals surface area contributed by atoms with Gasteiger partial charge in [-0.05, 0) is 48.4 Å². The quantitative estimate of drug-likeness (QED) is 0.590. The van der Waals surface area contributed by atoms with Crippen LogP contribution >= 0.6 is 0 Å². The number of nitrogens with zero attached hydrogens (tertiary/aromatic N) is 1. The number of hydrogen-bond donors (Lipinski definition) is 1. The number of benzene rings is 1. The molecule has 0 amide bonds. The van der Waals surface area contributed by atoms with Crippen LogP contribution in [0.25, 0.3) is 0 Å². The lowest BCUT2D eigenvalue weighted by Gasteiger charge is -2.31. The fourth-order valence-electron chi connectivity index (χ4n) is 3.02. The summed E-state index contributed by atoms with van der Waals surface area (Å²) in [5.41, 5.74) is 2.79. The van der Waals surface area contributed by atoms with E-state index in [1.807, 2.05) is 0 Å². The average Bonchev–Trinajstić information content (AvgIpc) is 2.64. The molecular formula is C23H41NO2. The monoisotopic (exact) mass is 363 g/mol. The Labute approximate surface area is 161 Å². The van der Waals surface area contributed by atoms with Crippen LogP contribution in [0.5, 0.6) is 5.75 Å². The Bertz CT molecular complexity index is 547. The fraction of sp³-hybridized carbons (Fsp3) is 0.739. The van der Waals surface area contributed by atoms with Crippen LogP contribution in [0.1, 0.15) is 79.4 Å². The second kappa shape index (κ2) is 9.75. The molecule has 1 N–H and O–H groups in total. The van der Waals surface area contributed by atoms with Gasteiger partial charge in [0.05, 0.1) is 0 Å². The lowest BCUT2D eigenvalue weighted by Crippen LogP contribution is -2.35. The van der Waals surface area contributed by atoms with Gasteiger partial charge in [0.25, 0.3) is 0 Å². The van der Waals surface area contributed by atoms with E-state index in [-0.39, 0.29) is 10.8 Å². The zero-order valence-corrected chi connectivity index (χ0v) is 18.4. The molecule has 150 valence electrons. The molecule has 3 nitrogen and oxygen atoms in total. The van der Waals surface area contributed by atoms with Crippen LogP contribution in [-0.4, -0.2) is 42.4 Å². The van der Waals surface area contributed by atoms with Crippen molar-refractivity contribution in [1.82, 2.24) is 4.90 Å². The summed E-state index contributed by atoms with van der Waals surface area (Å²) in [4.78, 5) is 2.22. The number of hydrogen-bond acceptors (Lipinski definition) is 3. The van der Waals surface area contributed by atoms with Crippen LogP contribution in [-0.2, 0) is 10.8 Å². The Kier molecular flexibility index (Phi) is 8.62. The van der Waals surface area contributed by atoms with Crippen molar-refractivity contribution in [2.24, 2.45) is 0 Å². The maximum Gasteiger partial charge on any atom is 0.123 e. The topological polar surface area (TPSA) is 32.7 Å². The van der Waals surface area contributed by atoms with Crippen LogP contribution in [0.2, 0.25) is 0 Å². The van der Waals surface area contributed by atoms with Gasteiger partial charge >= 0.3 is 0 Å². The van der Waals surface area contributed by atoms with Crippen molar-refractivity contribution in [3.8, 4) is 5.75 Å². The van der Waals surface area contributed by atoms with E-state index in [1.54, 1.807) is 0 Å². The van der Waals surface area contributed by atoms with E-state index in [9.17, 15) is 5.11 Å². The predicted molar refractivity (Wildman–Crippen MR) is 112 cm³/mol. The van der Waals surface area contributed by atoms with Crippen LogP contribution < -0.4 is 4.74 Å². The van der Waals surface area contributed by atoms with Crippen molar-refractivity contribution < 1.29 is 9.84 Å². The zero-order chi connectivity index (χ0) is 20.0. The highest BCUT2D eigenvalue weighted by Crippen LogP contribution is 2.38. The van der Waals surface area contributed by atoms with Crippen molar-refractivity contribution in [3.63, 3.8) is 0 Å². The van der Waals surface area contributed by atoms with E-state index >= 15 is 0 Å². The Balaban J connectivity index is 3.03. The van der Waals surface area contributed by atoms with Crippen LogP contribution in [0, 0.1) is 0 Å². The van der Waals surface area contributed by atoms with E-state index in [0.717, 1.165) is 31.7 Å². The van der Waals surface area contributed by atoms with Crippen LogP contribution in [0.4, 0.5) is 0 Å². The first kappa shape index (κ1) is 23.0. The second-order valence-corrected chi connectivity index (χ2v) is 8.64. The Morgan fingerprint density at radius 3 is 2.04 bits per heavy atom. The number of likely N-dealkylation sites (N-methyl/N-ethyl adjacent to an activating group) is 1. The van der Waals surface area contributed by atoms with Crippen molar-refractivity contribution in [3.05, 3.63) is 29.3 Å². The molecule has 0 aromatic heterocycles. The standard InChI is InChI=1S/C23H41NO2/c1-9-22(5,6)18-13-14-21(20(15-18)23(7,8)10-2)26-17-19(25)16-24(11-3)12-4/h13-15,19,25H,9-12,16-17H2,1-8H3/t19-/m0/s1.